The maximum absolute atomic E-state index is 11.0. The molecule has 0 radical (unpaired) electrons. The van der Waals surface area contributed by atoms with Gasteiger partial charge in [0.25, 0.3) is 0 Å². The summed E-state index contributed by atoms with van der Waals surface area (Å²) < 4.78 is 0. The smallest absolute Gasteiger partial charge is 0.304 e. The van der Waals surface area contributed by atoms with Crippen molar-refractivity contribution >= 4 is 5.97 Å². The van der Waals surface area contributed by atoms with E-state index >= 15 is 0 Å². The van der Waals surface area contributed by atoms with E-state index in [0.717, 1.165) is 19.6 Å². The monoisotopic (exact) mass is 248 g/mol. The van der Waals surface area contributed by atoms with Crippen LogP contribution in [0.15, 0.2) is 30.3 Å². The third kappa shape index (κ3) is 3.31. The highest BCUT2D eigenvalue weighted by atomic mass is 16.4. The van der Waals surface area contributed by atoms with Crippen molar-refractivity contribution in [2.45, 2.75) is 32.0 Å². The summed E-state index contributed by atoms with van der Waals surface area (Å²) in [5, 5.41) is 12.4. The van der Waals surface area contributed by atoms with Gasteiger partial charge in [-0.2, -0.15) is 0 Å². The molecule has 1 aliphatic heterocycles. The van der Waals surface area contributed by atoms with Gasteiger partial charge in [-0.05, 0) is 12.5 Å². The first-order valence-electron chi connectivity index (χ1n) is 6.40. The van der Waals surface area contributed by atoms with Crippen LogP contribution in [0.4, 0.5) is 0 Å². The second-order valence-electron chi connectivity index (χ2n) is 4.86. The van der Waals surface area contributed by atoms with Crippen LogP contribution >= 0.6 is 0 Å². The molecule has 1 heterocycles. The van der Waals surface area contributed by atoms with Crippen molar-refractivity contribution in [3.63, 3.8) is 0 Å². The molecular formula is C14H20N2O2. The molecule has 98 valence electrons. The normalized spacial score (nSPS) is 24.9. The first-order valence-corrected chi connectivity index (χ1v) is 6.40. The predicted molar refractivity (Wildman–Crippen MR) is 70.4 cm³/mol. The van der Waals surface area contributed by atoms with Crippen molar-refractivity contribution in [3.8, 4) is 0 Å². The highest BCUT2D eigenvalue weighted by Gasteiger charge is 2.29. The molecule has 0 bridgehead atoms. The van der Waals surface area contributed by atoms with E-state index in [-0.39, 0.29) is 18.5 Å². The fraction of sp³-hybridized carbons (Fsp3) is 0.500. The molecule has 1 aliphatic rings. The zero-order valence-electron chi connectivity index (χ0n) is 10.7. The van der Waals surface area contributed by atoms with Crippen molar-refractivity contribution in [1.82, 2.24) is 10.2 Å². The van der Waals surface area contributed by atoms with E-state index in [4.69, 9.17) is 5.11 Å². The van der Waals surface area contributed by atoms with E-state index in [2.05, 4.69) is 29.3 Å². The van der Waals surface area contributed by atoms with Crippen LogP contribution in [0.5, 0.6) is 0 Å². The molecule has 2 rings (SSSR count). The molecule has 2 atom stereocenters. The summed E-state index contributed by atoms with van der Waals surface area (Å²) in [4.78, 5) is 13.2. The SMILES string of the molecule is CC1NCCN(Cc2ccccc2)[C@@H]1CC(=O)O. The number of carbonyl (C=O) groups is 1. The molecule has 1 aromatic carbocycles. The van der Waals surface area contributed by atoms with Gasteiger partial charge >= 0.3 is 5.97 Å². The number of piperazine rings is 1. The average Bonchev–Trinajstić information content (AvgIpc) is 2.34. The Bertz CT molecular complexity index is 394. The Kier molecular flexibility index (Phi) is 4.33. The van der Waals surface area contributed by atoms with Crippen molar-refractivity contribution < 1.29 is 9.90 Å². The molecule has 0 spiro atoms. The molecule has 0 aromatic heterocycles. The van der Waals surface area contributed by atoms with Crippen molar-refractivity contribution in [3.05, 3.63) is 35.9 Å². The summed E-state index contributed by atoms with van der Waals surface area (Å²) >= 11 is 0. The number of hydrogen-bond donors (Lipinski definition) is 2. The number of rotatable bonds is 4. The third-order valence-corrected chi connectivity index (χ3v) is 3.52. The van der Waals surface area contributed by atoms with E-state index in [0.29, 0.717) is 0 Å². The number of benzene rings is 1. The lowest BCUT2D eigenvalue weighted by atomic mass is 10.0. The van der Waals surface area contributed by atoms with Gasteiger partial charge in [-0.15, -0.1) is 0 Å². The van der Waals surface area contributed by atoms with E-state index in [1.54, 1.807) is 0 Å². The van der Waals surface area contributed by atoms with Crippen LogP contribution in [0.2, 0.25) is 0 Å². The summed E-state index contributed by atoms with van der Waals surface area (Å²) in [5.41, 5.74) is 1.24. The number of nitrogens with one attached hydrogen (secondary N) is 1. The first-order chi connectivity index (χ1) is 8.66. The Balaban J connectivity index is 2.06. The van der Waals surface area contributed by atoms with Crippen LogP contribution < -0.4 is 5.32 Å². The van der Waals surface area contributed by atoms with Gasteiger partial charge in [0.2, 0.25) is 0 Å². The molecule has 0 aliphatic carbocycles. The lowest BCUT2D eigenvalue weighted by molar-refractivity contribution is -0.139. The second kappa shape index (κ2) is 5.98. The van der Waals surface area contributed by atoms with E-state index < -0.39 is 5.97 Å². The van der Waals surface area contributed by atoms with Crippen molar-refractivity contribution in [2.75, 3.05) is 13.1 Å². The van der Waals surface area contributed by atoms with Crippen LogP contribution in [0, 0.1) is 0 Å². The molecule has 1 saturated heterocycles. The van der Waals surface area contributed by atoms with E-state index in [1.165, 1.54) is 5.56 Å². The minimum absolute atomic E-state index is 0.0662. The zero-order valence-corrected chi connectivity index (χ0v) is 10.7. The van der Waals surface area contributed by atoms with Crippen LogP contribution in [-0.2, 0) is 11.3 Å². The van der Waals surface area contributed by atoms with Gasteiger partial charge < -0.3 is 10.4 Å². The Labute approximate surface area is 108 Å². The Morgan fingerprint density at radius 1 is 1.44 bits per heavy atom. The summed E-state index contributed by atoms with van der Waals surface area (Å²) in [6, 6.07) is 10.5. The average molecular weight is 248 g/mol. The summed E-state index contributed by atoms with van der Waals surface area (Å²) in [7, 11) is 0. The minimum Gasteiger partial charge on any atom is -0.481 e. The first kappa shape index (κ1) is 13.1. The van der Waals surface area contributed by atoms with Crippen molar-refractivity contribution in [2.24, 2.45) is 0 Å². The van der Waals surface area contributed by atoms with Crippen LogP contribution in [0.1, 0.15) is 18.9 Å². The fourth-order valence-corrected chi connectivity index (χ4v) is 2.55. The van der Waals surface area contributed by atoms with E-state index in [9.17, 15) is 4.79 Å². The van der Waals surface area contributed by atoms with Gasteiger partial charge in [0.05, 0.1) is 6.42 Å². The zero-order chi connectivity index (χ0) is 13.0. The van der Waals surface area contributed by atoms with Crippen LogP contribution in [0.3, 0.4) is 0 Å². The van der Waals surface area contributed by atoms with Crippen molar-refractivity contribution in [1.29, 1.82) is 0 Å². The van der Waals surface area contributed by atoms with Gasteiger partial charge in [0.15, 0.2) is 0 Å². The molecular weight excluding hydrogens is 228 g/mol. The van der Waals surface area contributed by atoms with Crippen LogP contribution in [0.25, 0.3) is 0 Å². The fourth-order valence-electron chi connectivity index (χ4n) is 2.55. The maximum Gasteiger partial charge on any atom is 0.304 e. The summed E-state index contributed by atoms with van der Waals surface area (Å²) in [5.74, 6) is -0.728. The minimum atomic E-state index is -0.728. The van der Waals surface area contributed by atoms with Gasteiger partial charge in [0.1, 0.15) is 0 Å². The second-order valence-corrected chi connectivity index (χ2v) is 4.86. The molecule has 2 N–H and O–H groups in total. The Morgan fingerprint density at radius 3 is 2.83 bits per heavy atom. The molecule has 18 heavy (non-hydrogen) atoms. The lowest BCUT2D eigenvalue weighted by Crippen LogP contribution is -2.56. The number of nitrogens with zero attached hydrogens (tertiary/aromatic N) is 1. The Hall–Kier alpha value is -1.39. The van der Waals surface area contributed by atoms with Crippen LogP contribution in [-0.4, -0.2) is 41.1 Å². The molecule has 1 aromatic rings. The third-order valence-electron chi connectivity index (χ3n) is 3.52. The molecule has 0 saturated carbocycles. The molecule has 4 heteroatoms. The lowest BCUT2D eigenvalue weighted by Gasteiger charge is -2.40. The highest BCUT2D eigenvalue weighted by molar-refractivity contribution is 5.67. The highest BCUT2D eigenvalue weighted by Crippen LogP contribution is 2.16. The largest absolute Gasteiger partial charge is 0.481 e. The predicted octanol–water partition coefficient (Wildman–Crippen LogP) is 1.32. The van der Waals surface area contributed by atoms with Gasteiger partial charge in [-0.3, -0.25) is 9.69 Å². The summed E-state index contributed by atoms with van der Waals surface area (Å²) in [6.07, 6.45) is 0.195. The Morgan fingerprint density at radius 2 is 2.17 bits per heavy atom. The van der Waals surface area contributed by atoms with Gasteiger partial charge in [-0.1, -0.05) is 30.3 Å². The van der Waals surface area contributed by atoms with E-state index in [1.807, 2.05) is 18.2 Å². The number of hydrogen-bond acceptors (Lipinski definition) is 3. The summed E-state index contributed by atoms with van der Waals surface area (Å²) in [6.45, 7) is 4.71. The molecule has 0 amide bonds. The number of carboxylic acid groups (broad SMARTS) is 1. The number of aliphatic carboxylic acids is 1. The topological polar surface area (TPSA) is 52.6 Å². The van der Waals surface area contributed by atoms with Gasteiger partial charge in [0, 0.05) is 31.7 Å². The standard InChI is InChI=1S/C14H20N2O2/c1-11-13(9-14(17)18)16(8-7-15-11)10-12-5-3-2-4-6-12/h2-6,11,13,15H,7-10H2,1H3,(H,17,18)/t11?,13-/m1/s1. The molecule has 1 unspecified atom stereocenters. The molecule has 1 fully saturated rings. The molecule has 4 nitrogen and oxygen atoms in total. The quantitative estimate of drug-likeness (QED) is 0.844. The maximum atomic E-state index is 11.0. The number of carboxylic acids is 1. The van der Waals surface area contributed by atoms with Gasteiger partial charge in [-0.25, -0.2) is 0 Å².